The molecule has 208 valence electrons. The molecule has 2 aromatic carbocycles. The van der Waals surface area contributed by atoms with Gasteiger partial charge in [-0.2, -0.15) is 4.31 Å². The molecule has 1 fully saturated rings. The van der Waals surface area contributed by atoms with Crippen molar-refractivity contribution in [1.82, 2.24) is 14.1 Å². The Morgan fingerprint density at radius 3 is 2.49 bits per heavy atom. The molecule has 0 aliphatic carbocycles. The van der Waals surface area contributed by atoms with Gasteiger partial charge in [-0.05, 0) is 97.9 Å². The Bertz CT molecular complexity index is 1380. The predicted octanol–water partition coefficient (Wildman–Crippen LogP) is 4.83. The lowest BCUT2D eigenvalue weighted by Crippen LogP contribution is -2.49. The number of nitrogens with zero attached hydrogens (tertiary/aromatic N) is 3. The van der Waals surface area contributed by atoms with Crippen molar-refractivity contribution in [3.8, 4) is 5.75 Å². The van der Waals surface area contributed by atoms with Gasteiger partial charge in [-0.1, -0.05) is 11.6 Å². The molecule has 7 nitrogen and oxygen atoms in total. The third-order valence-corrected chi connectivity index (χ3v) is 10.4. The van der Waals surface area contributed by atoms with Crippen LogP contribution in [0.15, 0.2) is 64.9 Å². The fraction of sp³-hybridized carbons (Fsp3) is 0.393. The minimum Gasteiger partial charge on any atom is -0.491 e. The van der Waals surface area contributed by atoms with Gasteiger partial charge in [0.25, 0.3) is 0 Å². The molecule has 1 unspecified atom stereocenters. The maximum atomic E-state index is 13.8. The molecule has 1 aromatic heterocycles. The van der Waals surface area contributed by atoms with E-state index in [1.54, 1.807) is 40.5 Å². The largest absolute Gasteiger partial charge is 0.491 e. The van der Waals surface area contributed by atoms with Crippen molar-refractivity contribution in [2.24, 2.45) is 0 Å². The molecule has 1 atom stereocenters. The predicted molar refractivity (Wildman–Crippen MR) is 150 cm³/mol. The van der Waals surface area contributed by atoms with Gasteiger partial charge in [0.1, 0.15) is 18.2 Å². The third kappa shape index (κ3) is 6.63. The summed E-state index contributed by atoms with van der Waals surface area (Å²) in [5.41, 5.74) is 1.01. The van der Waals surface area contributed by atoms with Crippen LogP contribution in [0.25, 0.3) is 0 Å². The van der Waals surface area contributed by atoms with Crippen LogP contribution in [0.3, 0.4) is 0 Å². The second-order valence-electron chi connectivity index (χ2n) is 9.76. The molecule has 1 amide bonds. The Labute approximate surface area is 237 Å². The van der Waals surface area contributed by atoms with Gasteiger partial charge in [-0.3, -0.25) is 4.79 Å². The van der Waals surface area contributed by atoms with Crippen LogP contribution in [0.4, 0.5) is 4.39 Å². The average molecular weight is 592 g/mol. The number of carbonyl (C=O) groups excluding carboxylic acids is 1. The summed E-state index contributed by atoms with van der Waals surface area (Å²) in [5.74, 6) is -0.130. The zero-order valence-electron chi connectivity index (χ0n) is 21.5. The first-order valence-corrected chi connectivity index (χ1v) is 15.7. The highest BCUT2D eigenvalue weighted by Gasteiger charge is 2.35. The Morgan fingerprint density at radius 1 is 1.05 bits per heavy atom. The Kier molecular flexibility index (Phi) is 8.88. The van der Waals surface area contributed by atoms with Crippen molar-refractivity contribution >= 4 is 38.9 Å². The number of benzene rings is 2. The SMILES string of the molecule is O=C(CN(CCN1CCCC1)S(=O)(=O)c1ccc(Cl)cc1)N1CCc2sccc2C1COc1ccc(F)cc1. The van der Waals surface area contributed by atoms with Gasteiger partial charge in [0, 0.05) is 29.5 Å². The van der Waals surface area contributed by atoms with E-state index in [0.29, 0.717) is 30.3 Å². The monoisotopic (exact) mass is 591 g/mol. The number of halogens is 2. The van der Waals surface area contributed by atoms with Gasteiger partial charge in [0.2, 0.25) is 15.9 Å². The smallest absolute Gasteiger partial charge is 0.243 e. The second-order valence-corrected chi connectivity index (χ2v) is 13.1. The van der Waals surface area contributed by atoms with E-state index in [9.17, 15) is 17.6 Å². The summed E-state index contributed by atoms with van der Waals surface area (Å²) in [6, 6.07) is 13.4. The van der Waals surface area contributed by atoms with E-state index in [4.69, 9.17) is 16.3 Å². The standard InChI is InChI=1S/C28H31ClFN3O4S2/c29-21-3-9-24(10-4-21)39(35,36)32(17-16-31-13-1-2-14-31)19-28(34)33-15-11-27-25(12-18-38-27)26(33)20-37-23-7-5-22(30)6-8-23/h3-10,12,18,26H,1-2,11,13-17,19-20H2. The molecule has 2 aliphatic heterocycles. The van der Waals surface area contributed by atoms with Crippen LogP contribution in [0.2, 0.25) is 5.02 Å². The molecule has 0 bridgehead atoms. The number of carbonyl (C=O) groups is 1. The van der Waals surface area contributed by atoms with Crippen LogP contribution >= 0.6 is 22.9 Å². The molecule has 3 aromatic rings. The van der Waals surface area contributed by atoms with Gasteiger partial charge >= 0.3 is 0 Å². The minimum absolute atomic E-state index is 0.107. The van der Waals surface area contributed by atoms with Crippen LogP contribution in [0.5, 0.6) is 5.75 Å². The second kappa shape index (κ2) is 12.3. The molecule has 2 aliphatic rings. The molecule has 39 heavy (non-hydrogen) atoms. The van der Waals surface area contributed by atoms with Crippen LogP contribution in [0, 0.1) is 5.82 Å². The lowest BCUT2D eigenvalue weighted by molar-refractivity contribution is -0.135. The average Bonchev–Trinajstić information content (AvgIpc) is 3.63. The van der Waals surface area contributed by atoms with Crippen molar-refractivity contribution in [3.05, 3.63) is 81.3 Å². The number of thiophene rings is 1. The summed E-state index contributed by atoms with van der Waals surface area (Å²) < 4.78 is 48.0. The summed E-state index contributed by atoms with van der Waals surface area (Å²) >= 11 is 7.64. The molecular weight excluding hydrogens is 561 g/mol. The number of amides is 1. The van der Waals surface area contributed by atoms with E-state index in [1.165, 1.54) is 33.4 Å². The number of hydrogen-bond donors (Lipinski definition) is 0. The molecule has 5 rings (SSSR count). The van der Waals surface area contributed by atoms with Crippen molar-refractivity contribution in [2.75, 3.05) is 45.9 Å². The van der Waals surface area contributed by atoms with Crippen molar-refractivity contribution in [3.63, 3.8) is 0 Å². The summed E-state index contributed by atoms with van der Waals surface area (Å²) in [7, 11) is -3.93. The van der Waals surface area contributed by atoms with Crippen molar-refractivity contribution in [2.45, 2.75) is 30.2 Å². The van der Waals surface area contributed by atoms with Crippen LogP contribution < -0.4 is 4.74 Å². The number of fused-ring (bicyclic) bond motifs is 1. The van der Waals surface area contributed by atoms with E-state index in [2.05, 4.69) is 4.90 Å². The van der Waals surface area contributed by atoms with E-state index in [1.807, 2.05) is 11.4 Å². The first kappa shape index (κ1) is 28.0. The maximum Gasteiger partial charge on any atom is 0.243 e. The number of ether oxygens (including phenoxy) is 1. The van der Waals surface area contributed by atoms with Crippen LogP contribution in [-0.4, -0.2) is 74.3 Å². The Balaban J connectivity index is 1.36. The molecule has 0 radical (unpaired) electrons. The van der Waals surface area contributed by atoms with Gasteiger partial charge in [0.05, 0.1) is 17.5 Å². The fourth-order valence-corrected chi connectivity index (χ4v) is 7.56. The van der Waals surface area contributed by atoms with E-state index in [0.717, 1.165) is 31.5 Å². The van der Waals surface area contributed by atoms with E-state index >= 15 is 0 Å². The third-order valence-electron chi connectivity index (χ3n) is 7.26. The summed E-state index contributed by atoms with van der Waals surface area (Å²) in [6.07, 6.45) is 2.88. The lowest BCUT2D eigenvalue weighted by atomic mass is 10.0. The first-order chi connectivity index (χ1) is 18.8. The molecular formula is C28H31ClFN3O4S2. The number of sulfonamides is 1. The molecule has 0 spiro atoms. The van der Waals surface area contributed by atoms with E-state index < -0.39 is 10.0 Å². The maximum absolute atomic E-state index is 13.8. The van der Waals surface area contributed by atoms with Crippen LogP contribution in [0.1, 0.15) is 29.3 Å². The zero-order chi connectivity index (χ0) is 27.4. The van der Waals surface area contributed by atoms with Gasteiger partial charge < -0.3 is 14.5 Å². The first-order valence-electron chi connectivity index (χ1n) is 13.0. The van der Waals surface area contributed by atoms with Gasteiger partial charge in [-0.25, -0.2) is 12.8 Å². The fourth-order valence-electron chi connectivity index (χ4n) is 5.12. The lowest BCUT2D eigenvalue weighted by Gasteiger charge is -2.37. The zero-order valence-corrected chi connectivity index (χ0v) is 23.9. The topological polar surface area (TPSA) is 70.2 Å². The van der Waals surface area contributed by atoms with Gasteiger partial charge in [-0.15, -0.1) is 11.3 Å². The number of hydrogen-bond acceptors (Lipinski definition) is 6. The molecule has 3 heterocycles. The minimum atomic E-state index is -3.93. The van der Waals surface area contributed by atoms with E-state index in [-0.39, 0.29) is 42.4 Å². The summed E-state index contributed by atoms with van der Waals surface area (Å²) in [4.78, 5) is 19.1. The molecule has 11 heteroatoms. The molecule has 0 N–H and O–H groups in total. The Hall–Kier alpha value is -2.50. The number of likely N-dealkylation sites (tertiary alicyclic amines) is 1. The highest BCUT2D eigenvalue weighted by Crippen LogP contribution is 2.34. The van der Waals surface area contributed by atoms with Gasteiger partial charge in [0.15, 0.2) is 0 Å². The van der Waals surface area contributed by atoms with Crippen LogP contribution in [-0.2, 0) is 21.2 Å². The van der Waals surface area contributed by atoms with Crippen molar-refractivity contribution in [1.29, 1.82) is 0 Å². The summed E-state index contributed by atoms with van der Waals surface area (Å²) in [6.45, 7) is 3.00. The summed E-state index contributed by atoms with van der Waals surface area (Å²) in [5, 5.41) is 2.44. The quantitative estimate of drug-likeness (QED) is 0.338. The highest BCUT2D eigenvalue weighted by atomic mass is 35.5. The number of rotatable bonds is 10. The van der Waals surface area contributed by atoms with Crippen molar-refractivity contribution < 1.29 is 22.3 Å². The Morgan fingerprint density at radius 2 is 1.77 bits per heavy atom. The molecule has 1 saturated heterocycles. The molecule has 0 saturated carbocycles. The normalized spacial score (nSPS) is 17.9. The highest BCUT2D eigenvalue weighted by molar-refractivity contribution is 7.89.